The largest absolute Gasteiger partial charge is 0.383 e. The molecule has 0 aliphatic rings. The summed E-state index contributed by atoms with van der Waals surface area (Å²) in [6.45, 7) is 6.31. The minimum Gasteiger partial charge on any atom is -0.383 e. The van der Waals surface area contributed by atoms with Crippen molar-refractivity contribution in [2.75, 3.05) is 40.1 Å². The van der Waals surface area contributed by atoms with Crippen molar-refractivity contribution >= 4 is 17.7 Å². The first-order valence-electron chi connectivity index (χ1n) is 8.66. The molecule has 0 spiro atoms. The van der Waals surface area contributed by atoms with E-state index in [-0.39, 0.29) is 5.91 Å². The summed E-state index contributed by atoms with van der Waals surface area (Å²) in [6.07, 6.45) is 3.21. The molecule has 1 heterocycles. The number of carbonyl (C=O) groups is 1. The molecule has 1 aromatic rings. The van der Waals surface area contributed by atoms with E-state index in [0.717, 1.165) is 36.8 Å². The Morgan fingerprint density at radius 2 is 2.12 bits per heavy atom. The Hall–Kier alpha value is -1.12. The molecule has 0 radical (unpaired) electrons. The molecule has 138 valence electrons. The van der Waals surface area contributed by atoms with Crippen molar-refractivity contribution in [1.82, 2.24) is 20.1 Å². The number of ether oxygens (including phenoxy) is 1. The van der Waals surface area contributed by atoms with Crippen LogP contribution in [0.5, 0.6) is 0 Å². The maximum absolute atomic E-state index is 11.9. The van der Waals surface area contributed by atoms with Gasteiger partial charge in [0.15, 0.2) is 11.0 Å². The van der Waals surface area contributed by atoms with E-state index in [1.54, 1.807) is 7.11 Å². The van der Waals surface area contributed by atoms with Crippen molar-refractivity contribution in [2.24, 2.45) is 0 Å². The van der Waals surface area contributed by atoms with Crippen molar-refractivity contribution in [3.63, 3.8) is 0 Å². The van der Waals surface area contributed by atoms with Crippen molar-refractivity contribution in [3.05, 3.63) is 5.82 Å². The number of thioether (sulfide) groups is 1. The van der Waals surface area contributed by atoms with Crippen molar-refractivity contribution in [2.45, 2.75) is 50.9 Å². The quantitative estimate of drug-likeness (QED) is 0.421. The molecule has 1 amide bonds. The van der Waals surface area contributed by atoms with Crippen LogP contribution in [0.15, 0.2) is 5.16 Å². The van der Waals surface area contributed by atoms with E-state index in [2.05, 4.69) is 48.0 Å². The third kappa shape index (κ3) is 6.41. The molecule has 0 saturated carbocycles. The number of methoxy groups -OCH3 is 1. The maximum Gasteiger partial charge on any atom is 0.230 e. The van der Waals surface area contributed by atoms with Crippen LogP contribution in [0.4, 0.5) is 0 Å². The summed E-state index contributed by atoms with van der Waals surface area (Å²) < 4.78 is 7.12. The molecule has 7 nitrogen and oxygen atoms in total. The lowest BCUT2D eigenvalue weighted by atomic mass is 10.2. The molecule has 0 aromatic carbocycles. The monoisotopic (exact) mass is 358 g/mol. The molecule has 0 fully saturated rings. The molecule has 0 aliphatic carbocycles. The van der Waals surface area contributed by atoms with E-state index >= 15 is 0 Å². The summed E-state index contributed by atoms with van der Waals surface area (Å²) in [5, 5.41) is 12.4. The molecule has 2 N–H and O–H groups in total. The van der Waals surface area contributed by atoms with E-state index < -0.39 is 0 Å². The molecule has 1 aromatic heterocycles. The molecule has 0 aliphatic heterocycles. The van der Waals surface area contributed by atoms with Crippen LogP contribution in [-0.4, -0.2) is 60.8 Å². The fraction of sp³-hybridized carbons (Fsp3) is 0.812. The second-order valence-electron chi connectivity index (χ2n) is 6.02. The summed E-state index contributed by atoms with van der Waals surface area (Å²) in [5.74, 6) is 1.36. The predicted octanol–water partition coefficient (Wildman–Crippen LogP) is 0.529. The molecule has 0 bridgehead atoms. The standard InChI is InChI=1S/C16H31N5O2S/c1-6-8-10-21-15(13(7-2)20(3)4)18-19-16(21)24-12-14(22)17-9-11-23-5/h13H,6-12H2,1-5H3,(H,17,22)/p+1/t13-/m1/s1. The first-order valence-corrected chi connectivity index (χ1v) is 9.65. The lowest BCUT2D eigenvalue weighted by Gasteiger charge is -2.20. The molecule has 0 unspecified atom stereocenters. The summed E-state index contributed by atoms with van der Waals surface area (Å²) >= 11 is 1.45. The number of aromatic nitrogens is 3. The number of quaternary nitrogens is 1. The summed E-state index contributed by atoms with van der Waals surface area (Å²) in [4.78, 5) is 13.2. The number of hydrogen-bond acceptors (Lipinski definition) is 5. The van der Waals surface area contributed by atoms with Crippen LogP contribution >= 0.6 is 11.8 Å². The maximum atomic E-state index is 11.9. The summed E-state index contributed by atoms with van der Waals surface area (Å²) in [7, 11) is 5.90. The zero-order valence-electron chi connectivity index (χ0n) is 15.6. The molecule has 0 saturated heterocycles. The summed E-state index contributed by atoms with van der Waals surface area (Å²) in [6, 6.07) is 0.319. The summed E-state index contributed by atoms with van der Waals surface area (Å²) in [5.41, 5.74) is 0. The number of carbonyl (C=O) groups excluding carboxylic acids is 1. The topological polar surface area (TPSA) is 73.5 Å². The Morgan fingerprint density at radius 1 is 1.38 bits per heavy atom. The number of hydrogen-bond donors (Lipinski definition) is 2. The SMILES string of the molecule is CCCCn1c(SCC(=O)NCCOC)nnc1[C@@H](CC)[NH+](C)C. The van der Waals surface area contributed by atoms with E-state index in [9.17, 15) is 4.79 Å². The lowest BCUT2D eigenvalue weighted by Crippen LogP contribution is -3.06. The fourth-order valence-electron chi connectivity index (χ4n) is 2.51. The van der Waals surface area contributed by atoms with Gasteiger partial charge in [-0.3, -0.25) is 4.79 Å². The van der Waals surface area contributed by atoms with Gasteiger partial charge in [-0.25, -0.2) is 0 Å². The Kier molecular flexibility index (Phi) is 9.97. The van der Waals surface area contributed by atoms with Gasteiger partial charge in [-0.15, -0.1) is 10.2 Å². The number of unbranched alkanes of at least 4 members (excludes halogenated alkanes) is 1. The first kappa shape index (κ1) is 20.9. The van der Waals surface area contributed by atoms with Crippen molar-refractivity contribution in [3.8, 4) is 0 Å². The molecular formula is C16H32N5O2S+. The second kappa shape index (κ2) is 11.4. The zero-order valence-corrected chi connectivity index (χ0v) is 16.4. The van der Waals surface area contributed by atoms with Gasteiger partial charge in [0.1, 0.15) is 6.04 Å². The van der Waals surface area contributed by atoms with Crippen LogP contribution in [0.25, 0.3) is 0 Å². The highest BCUT2D eigenvalue weighted by Crippen LogP contribution is 2.21. The Bertz CT molecular complexity index is 493. The van der Waals surface area contributed by atoms with Crippen LogP contribution in [0.2, 0.25) is 0 Å². The Labute approximate surface area is 149 Å². The smallest absolute Gasteiger partial charge is 0.230 e. The van der Waals surface area contributed by atoms with E-state index in [1.807, 2.05) is 0 Å². The first-order chi connectivity index (χ1) is 11.5. The minimum absolute atomic E-state index is 0.00563. The van der Waals surface area contributed by atoms with Gasteiger partial charge in [0.05, 0.1) is 26.5 Å². The highest BCUT2D eigenvalue weighted by atomic mass is 32.2. The molecular weight excluding hydrogens is 326 g/mol. The third-order valence-corrected chi connectivity index (χ3v) is 4.83. The number of nitrogens with zero attached hydrogens (tertiary/aromatic N) is 3. The molecule has 1 rings (SSSR count). The third-order valence-electron chi connectivity index (χ3n) is 3.86. The van der Waals surface area contributed by atoms with E-state index in [1.165, 1.54) is 16.7 Å². The van der Waals surface area contributed by atoms with E-state index in [0.29, 0.717) is 24.9 Å². The van der Waals surface area contributed by atoms with Crippen LogP contribution in [0, 0.1) is 0 Å². The van der Waals surface area contributed by atoms with Gasteiger partial charge >= 0.3 is 0 Å². The highest BCUT2D eigenvalue weighted by Gasteiger charge is 2.24. The predicted molar refractivity (Wildman–Crippen MR) is 96.4 cm³/mol. The van der Waals surface area contributed by atoms with Crippen LogP contribution in [-0.2, 0) is 16.1 Å². The lowest BCUT2D eigenvalue weighted by molar-refractivity contribution is -0.893. The van der Waals surface area contributed by atoms with Gasteiger partial charge in [-0.1, -0.05) is 32.0 Å². The zero-order chi connectivity index (χ0) is 17.9. The van der Waals surface area contributed by atoms with E-state index in [4.69, 9.17) is 4.74 Å². The van der Waals surface area contributed by atoms with Crippen molar-refractivity contribution < 1.29 is 14.4 Å². The molecule has 1 atom stereocenters. The minimum atomic E-state index is -0.00563. The fourth-order valence-corrected chi connectivity index (χ4v) is 3.32. The van der Waals surface area contributed by atoms with Gasteiger partial charge in [-0.2, -0.15) is 0 Å². The average Bonchev–Trinajstić information content (AvgIpc) is 2.94. The van der Waals surface area contributed by atoms with Gasteiger partial charge < -0.3 is 19.5 Å². The van der Waals surface area contributed by atoms with Crippen LogP contribution in [0.1, 0.15) is 45.0 Å². The van der Waals surface area contributed by atoms with Gasteiger partial charge in [0, 0.05) is 26.6 Å². The Balaban J connectivity index is 2.78. The molecule has 24 heavy (non-hydrogen) atoms. The van der Waals surface area contributed by atoms with Crippen molar-refractivity contribution in [1.29, 1.82) is 0 Å². The number of rotatable bonds is 12. The van der Waals surface area contributed by atoms with Crippen LogP contribution in [0.3, 0.4) is 0 Å². The Morgan fingerprint density at radius 3 is 2.71 bits per heavy atom. The van der Waals surface area contributed by atoms with Gasteiger partial charge in [-0.05, 0) is 6.42 Å². The average molecular weight is 359 g/mol. The normalized spacial score (nSPS) is 12.6. The highest BCUT2D eigenvalue weighted by molar-refractivity contribution is 7.99. The van der Waals surface area contributed by atoms with Gasteiger partial charge in [0.25, 0.3) is 0 Å². The number of nitrogens with one attached hydrogen (secondary N) is 2. The number of amides is 1. The molecule has 8 heteroatoms. The van der Waals surface area contributed by atoms with Crippen LogP contribution < -0.4 is 10.2 Å². The second-order valence-corrected chi connectivity index (χ2v) is 6.96. The van der Waals surface area contributed by atoms with Gasteiger partial charge in [0.2, 0.25) is 5.91 Å².